The second kappa shape index (κ2) is 6.62. The van der Waals surface area contributed by atoms with Crippen molar-refractivity contribution < 1.29 is 4.74 Å². The fourth-order valence-corrected chi connectivity index (χ4v) is 0.652. The van der Waals surface area contributed by atoms with Crippen LogP contribution in [-0.4, -0.2) is 31.7 Å². The lowest BCUT2D eigenvalue weighted by Crippen LogP contribution is -2.13. The fourth-order valence-electron chi connectivity index (χ4n) is 0.652. The van der Waals surface area contributed by atoms with Crippen molar-refractivity contribution in [2.75, 3.05) is 26.8 Å². The topological polar surface area (TPSA) is 12.5 Å². The molecule has 0 aliphatic rings. The van der Waals surface area contributed by atoms with Crippen molar-refractivity contribution in [1.82, 2.24) is 4.90 Å². The van der Waals surface area contributed by atoms with Gasteiger partial charge in [0.05, 0.1) is 0 Å². The van der Waals surface area contributed by atoms with Gasteiger partial charge in [0.25, 0.3) is 0 Å². The van der Waals surface area contributed by atoms with Crippen molar-refractivity contribution in [3.63, 3.8) is 0 Å². The summed E-state index contributed by atoms with van der Waals surface area (Å²) in [7, 11) is 2.01. The Morgan fingerprint density at radius 2 is 2.30 bits per heavy atom. The molecule has 0 spiro atoms. The molecule has 0 aromatic heterocycles. The minimum Gasteiger partial charge on any atom is -0.382 e. The Morgan fingerprint density at radius 1 is 1.60 bits per heavy atom. The fraction of sp³-hybridized carbons (Fsp3) is 0.750. The van der Waals surface area contributed by atoms with Gasteiger partial charge < -0.3 is 9.64 Å². The molecule has 2 heteroatoms. The van der Waals surface area contributed by atoms with E-state index in [9.17, 15) is 0 Å². The molecule has 0 atom stereocenters. The van der Waals surface area contributed by atoms with Gasteiger partial charge in [-0.3, -0.25) is 0 Å². The van der Waals surface area contributed by atoms with Crippen LogP contribution in [0.15, 0.2) is 12.8 Å². The molecule has 0 saturated heterocycles. The van der Waals surface area contributed by atoms with Gasteiger partial charge >= 0.3 is 0 Å². The standard InChI is InChI=1S/C8H17NO/c1-4-9(3)7-6-8-10-5-2/h4H,1,5-8H2,2-3H3. The molecule has 0 aromatic carbocycles. The molecule has 60 valence electrons. The third-order valence-corrected chi connectivity index (χ3v) is 1.32. The van der Waals surface area contributed by atoms with Crippen LogP contribution in [0.2, 0.25) is 0 Å². The molecule has 0 radical (unpaired) electrons. The zero-order valence-corrected chi connectivity index (χ0v) is 6.97. The summed E-state index contributed by atoms with van der Waals surface area (Å²) in [5.74, 6) is 0. The minimum atomic E-state index is 0.817. The van der Waals surface area contributed by atoms with Gasteiger partial charge in [-0.25, -0.2) is 0 Å². The van der Waals surface area contributed by atoms with Crippen molar-refractivity contribution in [3.8, 4) is 0 Å². The highest BCUT2D eigenvalue weighted by molar-refractivity contribution is 4.65. The van der Waals surface area contributed by atoms with Crippen LogP contribution in [0.3, 0.4) is 0 Å². The molecule has 0 heterocycles. The number of nitrogens with zero attached hydrogens (tertiary/aromatic N) is 1. The minimum absolute atomic E-state index is 0.817. The molecule has 10 heavy (non-hydrogen) atoms. The van der Waals surface area contributed by atoms with Gasteiger partial charge in [-0.2, -0.15) is 0 Å². The zero-order chi connectivity index (χ0) is 7.82. The molecule has 0 rings (SSSR count). The Morgan fingerprint density at radius 3 is 2.80 bits per heavy atom. The molecule has 0 aliphatic heterocycles. The molecule has 0 aliphatic carbocycles. The van der Waals surface area contributed by atoms with Gasteiger partial charge in [0.1, 0.15) is 0 Å². The molecule has 0 fully saturated rings. The van der Waals surface area contributed by atoms with Gasteiger partial charge in [0.15, 0.2) is 0 Å². The lowest BCUT2D eigenvalue weighted by molar-refractivity contribution is 0.140. The van der Waals surface area contributed by atoms with Gasteiger partial charge in [0, 0.05) is 26.8 Å². The quantitative estimate of drug-likeness (QED) is 0.522. The average molecular weight is 143 g/mol. The first-order chi connectivity index (χ1) is 4.81. The van der Waals surface area contributed by atoms with E-state index in [1.54, 1.807) is 0 Å². The predicted octanol–water partition coefficient (Wildman–Crippen LogP) is 1.49. The van der Waals surface area contributed by atoms with E-state index >= 15 is 0 Å². The van der Waals surface area contributed by atoms with Crippen molar-refractivity contribution in [2.45, 2.75) is 13.3 Å². The second-order valence-corrected chi connectivity index (χ2v) is 2.21. The van der Waals surface area contributed by atoms with Crippen LogP contribution in [0, 0.1) is 0 Å². The van der Waals surface area contributed by atoms with E-state index in [0.717, 1.165) is 26.2 Å². The Bertz CT molecular complexity index is 83.3. The van der Waals surface area contributed by atoms with E-state index < -0.39 is 0 Å². The van der Waals surface area contributed by atoms with E-state index in [1.165, 1.54) is 0 Å². The molecule has 0 aromatic rings. The van der Waals surface area contributed by atoms with Gasteiger partial charge in [-0.05, 0) is 19.5 Å². The molecule has 0 amide bonds. The molecule has 0 unspecified atom stereocenters. The molecular weight excluding hydrogens is 126 g/mol. The summed E-state index contributed by atoms with van der Waals surface area (Å²) in [6, 6.07) is 0. The molecular formula is C8H17NO. The van der Waals surface area contributed by atoms with E-state index in [2.05, 4.69) is 11.5 Å². The van der Waals surface area contributed by atoms with Crippen LogP contribution >= 0.6 is 0 Å². The first-order valence-corrected chi connectivity index (χ1v) is 3.71. The summed E-state index contributed by atoms with van der Waals surface area (Å²) in [5.41, 5.74) is 0. The Hall–Kier alpha value is -0.500. The summed E-state index contributed by atoms with van der Waals surface area (Å²) in [6.45, 7) is 8.36. The van der Waals surface area contributed by atoms with Gasteiger partial charge in [-0.15, -0.1) is 0 Å². The number of hydrogen-bond donors (Lipinski definition) is 0. The summed E-state index contributed by atoms with van der Waals surface area (Å²) in [6.07, 6.45) is 2.91. The van der Waals surface area contributed by atoms with Crippen molar-refractivity contribution >= 4 is 0 Å². The lowest BCUT2D eigenvalue weighted by Gasteiger charge is -2.11. The summed E-state index contributed by atoms with van der Waals surface area (Å²) < 4.78 is 5.17. The highest BCUT2D eigenvalue weighted by Gasteiger charge is 1.89. The number of ether oxygens (including phenoxy) is 1. The van der Waals surface area contributed by atoms with Crippen LogP contribution in [0.4, 0.5) is 0 Å². The van der Waals surface area contributed by atoms with Gasteiger partial charge in [0.2, 0.25) is 0 Å². The average Bonchev–Trinajstić information content (AvgIpc) is 1.98. The second-order valence-electron chi connectivity index (χ2n) is 2.21. The first-order valence-electron chi connectivity index (χ1n) is 3.71. The molecule has 0 N–H and O–H groups in total. The smallest absolute Gasteiger partial charge is 0.0482 e. The summed E-state index contributed by atoms with van der Waals surface area (Å²) in [5, 5.41) is 0. The van der Waals surface area contributed by atoms with Crippen LogP contribution < -0.4 is 0 Å². The highest BCUT2D eigenvalue weighted by Crippen LogP contribution is 1.87. The maximum Gasteiger partial charge on any atom is 0.0482 e. The molecule has 2 nitrogen and oxygen atoms in total. The van der Waals surface area contributed by atoms with E-state index in [1.807, 2.05) is 20.2 Å². The SMILES string of the molecule is C=CN(C)CCCOCC. The first kappa shape index (κ1) is 9.50. The molecule has 0 bridgehead atoms. The zero-order valence-electron chi connectivity index (χ0n) is 6.97. The van der Waals surface area contributed by atoms with Crippen LogP contribution in [0.25, 0.3) is 0 Å². The van der Waals surface area contributed by atoms with Gasteiger partial charge in [-0.1, -0.05) is 6.58 Å². The Labute approximate surface area is 63.5 Å². The normalized spacial score (nSPS) is 9.40. The summed E-state index contributed by atoms with van der Waals surface area (Å²) in [4.78, 5) is 2.05. The predicted molar refractivity (Wildman–Crippen MR) is 43.9 cm³/mol. The third-order valence-electron chi connectivity index (χ3n) is 1.32. The number of rotatable bonds is 6. The van der Waals surface area contributed by atoms with Crippen LogP contribution in [-0.2, 0) is 4.74 Å². The van der Waals surface area contributed by atoms with Crippen molar-refractivity contribution in [1.29, 1.82) is 0 Å². The summed E-state index contributed by atoms with van der Waals surface area (Å²) >= 11 is 0. The Kier molecular flexibility index (Phi) is 6.29. The van der Waals surface area contributed by atoms with Crippen molar-refractivity contribution in [3.05, 3.63) is 12.8 Å². The Balaban J connectivity index is 2.95. The van der Waals surface area contributed by atoms with Crippen molar-refractivity contribution in [2.24, 2.45) is 0 Å². The number of hydrogen-bond acceptors (Lipinski definition) is 2. The maximum absolute atomic E-state index is 5.17. The van der Waals surface area contributed by atoms with Crippen LogP contribution in [0.1, 0.15) is 13.3 Å². The highest BCUT2D eigenvalue weighted by atomic mass is 16.5. The maximum atomic E-state index is 5.17. The van der Waals surface area contributed by atoms with E-state index in [0.29, 0.717) is 0 Å². The molecule has 0 saturated carbocycles. The monoisotopic (exact) mass is 143 g/mol. The third kappa shape index (κ3) is 5.63. The van der Waals surface area contributed by atoms with E-state index in [4.69, 9.17) is 4.74 Å². The lowest BCUT2D eigenvalue weighted by atomic mass is 10.4. The van der Waals surface area contributed by atoms with Crippen LogP contribution in [0.5, 0.6) is 0 Å². The van der Waals surface area contributed by atoms with E-state index in [-0.39, 0.29) is 0 Å². The largest absolute Gasteiger partial charge is 0.382 e.